The summed E-state index contributed by atoms with van der Waals surface area (Å²) in [5.41, 5.74) is 7.58. The van der Waals surface area contributed by atoms with E-state index in [0.29, 0.717) is 11.4 Å². The number of hydrogen-bond donors (Lipinski definition) is 1. The second-order valence-corrected chi connectivity index (χ2v) is 5.09. The summed E-state index contributed by atoms with van der Waals surface area (Å²) in [6, 6.07) is 3.88. The number of nitrogens with two attached hydrogens (primary N) is 1. The van der Waals surface area contributed by atoms with Crippen LogP contribution in [0.2, 0.25) is 5.02 Å². The Kier molecular flexibility index (Phi) is 5.22. The highest BCUT2D eigenvalue weighted by atomic mass is 35.5. The zero-order chi connectivity index (χ0) is 13.0. The summed E-state index contributed by atoms with van der Waals surface area (Å²) in [5.74, 6) is 0.826. The zero-order valence-electron chi connectivity index (χ0n) is 10.4. The highest BCUT2D eigenvalue weighted by Gasteiger charge is 2.11. The maximum Gasteiger partial charge on any atom is 0.120 e. The van der Waals surface area contributed by atoms with Gasteiger partial charge in [-0.15, -0.1) is 0 Å². The van der Waals surface area contributed by atoms with Crippen LogP contribution >= 0.6 is 23.8 Å². The van der Waals surface area contributed by atoms with Crippen molar-refractivity contribution in [1.82, 2.24) is 0 Å². The molecule has 0 aromatic heterocycles. The van der Waals surface area contributed by atoms with Gasteiger partial charge in [0.15, 0.2) is 0 Å². The molecule has 1 atom stereocenters. The molecule has 0 saturated carbocycles. The summed E-state index contributed by atoms with van der Waals surface area (Å²) >= 11 is 11.0. The normalized spacial score (nSPS) is 12.2. The molecule has 1 unspecified atom stereocenters. The fourth-order valence-electron chi connectivity index (χ4n) is 1.66. The van der Waals surface area contributed by atoms with E-state index in [4.69, 9.17) is 34.3 Å². The van der Waals surface area contributed by atoms with Crippen molar-refractivity contribution in [3.05, 3.63) is 28.3 Å². The number of ether oxygens (including phenoxy) is 1. The van der Waals surface area contributed by atoms with Crippen LogP contribution in [0.4, 0.5) is 0 Å². The average molecular weight is 272 g/mol. The van der Waals surface area contributed by atoms with E-state index in [1.807, 2.05) is 26.0 Å². The largest absolute Gasteiger partial charge is 0.490 e. The monoisotopic (exact) mass is 271 g/mol. The molecule has 0 fully saturated rings. The van der Waals surface area contributed by atoms with Crippen LogP contribution in [-0.4, -0.2) is 11.1 Å². The molecular weight excluding hydrogens is 254 g/mol. The van der Waals surface area contributed by atoms with Crippen LogP contribution < -0.4 is 10.5 Å². The van der Waals surface area contributed by atoms with Gasteiger partial charge in [0.2, 0.25) is 0 Å². The van der Waals surface area contributed by atoms with Crippen molar-refractivity contribution in [3.8, 4) is 5.75 Å². The summed E-state index contributed by atoms with van der Waals surface area (Å²) < 4.78 is 5.86. The van der Waals surface area contributed by atoms with Crippen molar-refractivity contribution in [2.24, 2.45) is 5.73 Å². The van der Waals surface area contributed by atoms with Crippen molar-refractivity contribution >= 4 is 28.8 Å². The molecule has 2 nitrogen and oxygen atoms in total. The minimum absolute atomic E-state index is 0.0347. The lowest BCUT2D eigenvalue weighted by molar-refractivity contribution is 0.205. The molecule has 1 rings (SSSR count). The quantitative estimate of drug-likeness (QED) is 0.828. The van der Waals surface area contributed by atoms with Gasteiger partial charge in [-0.3, -0.25) is 0 Å². The van der Waals surface area contributed by atoms with Crippen molar-refractivity contribution in [2.45, 2.75) is 39.7 Å². The lowest BCUT2D eigenvalue weighted by Crippen LogP contribution is -2.23. The third-order valence-electron chi connectivity index (χ3n) is 2.60. The number of benzene rings is 1. The molecule has 0 spiro atoms. The predicted octanol–water partition coefficient (Wildman–Crippen LogP) is 3.79. The van der Waals surface area contributed by atoms with Gasteiger partial charge in [-0.2, -0.15) is 0 Å². The highest BCUT2D eigenvalue weighted by Crippen LogP contribution is 2.27. The van der Waals surface area contributed by atoms with Gasteiger partial charge in [0.05, 0.1) is 4.99 Å². The van der Waals surface area contributed by atoms with E-state index in [0.717, 1.165) is 28.3 Å². The van der Waals surface area contributed by atoms with Crippen LogP contribution in [0.25, 0.3) is 0 Å². The Morgan fingerprint density at radius 1 is 1.41 bits per heavy atom. The SMILES string of the molecule is CCC(CC(N)=S)Oc1cc(C)c(Cl)c(C)c1. The van der Waals surface area contributed by atoms with Gasteiger partial charge < -0.3 is 10.5 Å². The molecule has 1 aromatic carbocycles. The van der Waals surface area contributed by atoms with Crippen molar-refractivity contribution < 1.29 is 4.74 Å². The molecule has 0 aliphatic heterocycles. The van der Waals surface area contributed by atoms with E-state index < -0.39 is 0 Å². The van der Waals surface area contributed by atoms with Crippen LogP contribution in [0, 0.1) is 13.8 Å². The van der Waals surface area contributed by atoms with E-state index in [9.17, 15) is 0 Å². The fourth-order valence-corrected chi connectivity index (χ4v) is 1.96. The first-order valence-corrected chi connectivity index (χ1v) is 6.44. The zero-order valence-corrected chi connectivity index (χ0v) is 12.0. The lowest BCUT2D eigenvalue weighted by Gasteiger charge is -2.18. The predicted molar refractivity (Wildman–Crippen MR) is 77.0 cm³/mol. The smallest absolute Gasteiger partial charge is 0.120 e. The van der Waals surface area contributed by atoms with Gasteiger partial charge in [0.25, 0.3) is 0 Å². The number of hydrogen-bond acceptors (Lipinski definition) is 2. The van der Waals surface area contributed by atoms with E-state index in [1.54, 1.807) is 0 Å². The summed E-state index contributed by atoms with van der Waals surface area (Å²) in [5, 5.41) is 0.791. The van der Waals surface area contributed by atoms with E-state index in [1.165, 1.54) is 0 Å². The minimum atomic E-state index is 0.0347. The van der Waals surface area contributed by atoms with Gasteiger partial charge in [0.1, 0.15) is 11.9 Å². The highest BCUT2D eigenvalue weighted by molar-refractivity contribution is 7.80. The molecule has 0 saturated heterocycles. The van der Waals surface area contributed by atoms with Gasteiger partial charge >= 0.3 is 0 Å². The second-order valence-electron chi connectivity index (χ2n) is 4.19. The molecule has 0 amide bonds. The van der Waals surface area contributed by atoms with Gasteiger partial charge in [-0.1, -0.05) is 30.7 Å². The Morgan fingerprint density at radius 2 is 1.94 bits per heavy atom. The number of aryl methyl sites for hydroxylation is 2. The Morgan fingerprint density at radius 3 is 2.35 bits per heavy atom. The van der Waals surface area contributed by atoms with E-state index >= 15 is 0 Å². The van der Waals surface area contributed by atoms with Gasteiger partial charge in [-0.05, 0) is 43.5 Å². The molecular formula is C13H18ClNOS. The van der Waals surface area contributed by atoms with Crippen molar-refractivity contribution in [1.29, 1.82) is 0 Å². The molecule has 4 heteroatoms. The molecule has 94 valence electrons. The summed E-state index contributed by atoms with van der Waals surface area (Å²) in [7, 11) is 0. The Balaban J connectivity index is 2.83. The topological polar surface area (TPSA) is 35.2 Å². The number of rotatable bonds is 5. The summed E-state index contributed by atoms with van der Waals surface area (Å²) in [6.07, 6.45) is 1.51. The first-order chi connectivity index (χ1) is 7.93. The Hall–Kier alpha value is -0.800. The standard InChI is InChI=1S/C13H18ClNOS/c1-4-10(7-12(15)17)16-11-5-8(2)13(14)9(3)6-11/h5-6,10H,4,7H2,1-3H3,(H2,15,17). The summed E-state index contributed by atoms with van der Waals surface area (Å²) in [6.45, 7) is 5.99. The molecule has 0 bridgehead atoms. The molecule has 0 aliphatic carbocycles. The first-order valence-electron chi connectivity index (χ1n) is 5.65. The molecule has 1 aromatic rings. The number of thiocarbonyl (C=S) groups is 1. The maximum atomic E-state index is 6.11. The summed E-state index contributed by atoms with van der Waals surface area (Å²) in [4.78, 5) is 0.485. The first kappa shape index (κ1) is 14.3. The third kappa shape index (κ3) is 4.17. The van der Waals surface area contributed by atoms with Crippen LogP contribution in [0.3, 0.4) is 0 Å². The maximum absolute atomic E-state index is 6.11. The Bertz CT molecular complexity index is 397. The molecule has 0 radical (unpaired) electrons. The van der Waals surface area contributed by atoms with Crippen LogP contribution in [0.15, 0.2) is 12.1 Å². The van der Waals surface area contributed by atoms with Crippen LogP contribution in [0.1, 0.15) is 30.9 Å². The lowest BCUT2D eigenvalue weighted by atomic mass is 10.1. The van der Waals surface area contributed by atoms with Gasteiger partial charge in [0, 0.05) is 11.4 Å². The molecule has 2 N–H and O–H groups in total. The molecule has 0 aliphatic rings. The third-order valence-corrected chi connectivity index (χ3v) is 3.36. The van der Waals surface area contributed by atoms with E-state index in [-0.39, 0.29) is 6.10 Å². The van der Waals surface area contributed by atoms with E-state index in [2.05, 4.69) is 6.92 Å². The molecule has 17 heavy (non-hydrogen) atoms. The number of halogens is 1. The van der Waals surface area contributed by atoms with Crippen molar-refractivity contribution in [2.75, 3.05) is 0 Å². The Labute approximate surface area is 113 Å². The van der Waals surface area contributed by atoms with Gasteiger partial charge in [-0.25, -0.2) is 0 Å². The average Bonchev–Trinajstić information content (AvgIpc) is 2.24. The molecule has 0 heterocycles. The minimum Gasteiger partial charge on any atom is -0.490 e. The van der Waals surface area contributed by atoms with Crippen LogP contribution in [0.5, 0.6) is 5.75 Å². The van der Waals surface area contributed by atoms with Crippen molar-refractivity contribution in [3.63, 3.8) is 0 Å². The van der Waals surface area contributed by atoms with Crippen LogP contribution in [-0.2, 0) is 0 Å². The second kappa shape index (κ2) is 6.22. The fraction of sp³-hybridized carbons (Fsp3) is 0.462.